The summed E-state index contributed by atoms with van der Waals surface area (Å²) in [7, 11) is 3.72. The predicted molar refractivity (Wildman–Crippen MR) is 90.8 cm³/mol. The zero-order chi connectivity index (χ0) is 17.7. The van der Waals surface area contributed by atoms with Gasteiger partial charge in [-0.3, -0.25) is 4.79 Å². The molecule has 24 heavy (non-hydrogen) atoms. The average Bonchev–Trinajstić information content (AvgIpc) is 2.56. The van der Waals surface area contributed by atoms with Crippen molar-refractivity contribution in [1.29, 1.82) is 0 Å². The molecule has 0 spiro atoms. The molecule has 0 aromatic heterocycles. The molecule has 1 N–H and O–H groups in total. The van der Waals surface area contributed by atoms with Crippen LogP contribution in [0.3, 0.4) is 0 Å². The molecular weight excluding hydrogens is 311 g/mol. The second-order valence-electron chi connectivity index (χ2n) is 5.53. The summed E-state index contributed by atoms with van der Waals surface area (Å²) in [6.07, 6.45) is 0. The molecule has 126 valence electrons. The van der Waals surface area contributed by atoms with Gasteiger partial charge < -0.3 is 15.0 Å². The van der Waals surface area contributed by atoms with Crippen LogP contribution in [0.1, 0.15) is 15.9 Å². The van der Waals surface area contributed by atoms with Gasteiger partial charge in [-0.1, -0.05) is 12.1 Å². The highest BCUT2D eigenvalue weighted by atomic mass is 19.1. The second kappa shape index (κ2) is 7.59. The fraction of sp³-hybridized carbons (Fsp3) is 0.222. The van der Waals surface area contributed by atoms with Crippen LogP contribution in [-0.2, 0) is 9.53 Å². The van der Waals surface area contributed by atoms with E-state index in [1.807, 2.05) is 25.1 Å². The summed E-state index contributed by atoms with van der Waals surface area (Å²) in [6.45, 7) is 1.19. The van der Waals surface area contributed by atoms with Gasteiger partial charge in [0, 0.05) is 25.5 Å². The molecule has 0 aliphatic carbocycles. The SMILES string of the molecule is Cc1ccc(NC(=O)COC(=O)c2cccc(N(C)C)c2)cc1F. The van der Waals surface area contributed by atoms with E-state index in [0.29, 0.717) is 16.8 Å². The van der Waals surface area contributed by atoms with Gasteiger partial charge in [-0.15, -0.1) is 0 Å². The molecule has 0 atom stereocenters. The summed E-state index contributed by atoms with van der Waals surface area (Å²) < 4.78 is 18.4. The van der Waals surface area contributed by atoms with Crippen LogP contribution in [0.15, 0.2) is 42.5 Å². The second-order valence-corrected chi connectivity index (χ2v) is 5.53. The maximum Gasteiger partial charge on any atom is 0.338 e. The number of nitrogens with one attached hydrogen (secondary N) is 1. The molecule has 0 saturated carbocycles. The van der Waals surface area contributed by atoms with E-state index in [1.54, 1.807) is 37.3 Å². The van der Waals surface area contributed by atoms with E-state index in [2.05, 4.69) is 5.32 Å². The van der Waals surface area contributed by atoms with Gasteiger partial charge >= 0.3 is 5.97 Å². The number of hydrogen-bond donors (Lipinski definition) is 1. The minimum Gasteiger partial charge on any atom is -0.452 e. The van der Waals surface area contributed by atoms with Crippen LogP contribution >= 0.6 is 0 Å². The monoisotopic (exact) mass is 330 g/mol. The van der Waals surface area contributed by atoms with Gasteiger partial charge in [0.05, 0.1) is 5.56 Å². The Bertz CT molecular complexity index is 760. The number of aryl methyl sites for hydroxylation is 1. The third kappa shape index (κ3) is 4.55. The molecule has 5 nitrogen and oxygen atoms in total. The lowest BCUT2D eigenvalue weighted by Gasteiger charge is -2.13. The zero-order valence-electron chi connectivity index (χ0n) is 13.8. The molecule has 1 amide bonds. The Hall–Kier alpha value is -2.89. The lowest BCUT2D eigenvalue weighted by atomic mass is 10.2. The standard InChI is InChI=1S/C18H19FN2O3/c1-12-7-8-14(10-16(12)19)20-17(22)11-24-18(23)13-5-4-6-15(9-13)21(2)3/h4-10H,11H2,1-3H3,(H,20,22). The number of amides is 1. The van der Waals surface area contributed by atoms with Crippen molar-refractivity contribution >= 4 is 23.3 Å². The first-order valence-electron chi connectivity index (χ1n) is 7.37. The lowest BCUT2D eigenvalue weighted by Crippen LogP contribution is -2.21. The molecular formula is C18H19FN2O3. The van der Waals surface area contributed by atoms with E-state index >= 15 is 0 Å². The van der Waals surface area contributed by atoms with Crippen LogP contribution in [0, 0.1) is 12.7 Å². The minimum absolute atomic E-state index is 0.314. The fourth-order valence-corrected chi connectivity index (χ4v) is 1.99. The Labute approximate surface area is 140 Å². The number of halogens is 1. The van der Waals surface area contributed by atoms with Crippen LogP contribution in [-0.4, -0.2) is 32.6 Å². The Balaban J connectivity index is 1.92. The van der Waals surface area contributed by atoms with Gasteiger partial charge in [0.25, 0.3) is 5.91 Å². The van der Waals surface area contributed by atoms with E-state index in [9.17, 15) is 14.0 Å². The average molecular weight is 330 g/mol. The topological polar surface area (TPSA) is 58.6 Å². The summed E-state index contributed by atoms with van der Waals surface area (Å²) in [5.74, 6) is -1.54. The Morgan fingerprint density at radius 1 is 1.17 bits per heavy atom. The Morgan fingerprint density at radius 3 is 2.58 bits per heavy atom. The third-order valence-corrected chi connectivity index (χ3v) is 3.39. The lowest BCUT2D eigenvalue weighted by molar-refractivity contribution is -0.119. The van der Waals surface area contributed by atoms with Crippen molar-refractivity contribution in [3.05, 3.63) is 59.4 Å². The van der Waals surface area contributed by atoms with Crippen LogP contribution in [0.4, 0.5) is 15.8 Å². The zero-order valence-corrected chi connectivity index (χ0v) is 13.8. The van der Waals surface area contributed by atoms with Crippen LogP contribution in [0.25, 0.3) is 0 Å². The van der Waals surface area contributed by atoms with Crippen LogP contribution in [0.5, 0.6) is 0 Å². The van der Waals surface area contributed by atoms with Gasteiger partial charge in [-0.2, -0.15) is 0 Å². The summed E-state index contributed by atoms with van der Waals surface area (Å²) in [5.41, 5.74) is 2.01. The maximum atomic E-state index is 13.4. The smallest absolute Gasteiger partial charge is 0.338 e. The van der Waals surface area contributed by atoms with Crippen molar-refractivity contribution in [2.24, 2.45) is 0 Å². The van der Waals surface area contributed by atoms with E-state index in [4.69, 9.17) is 4.74 Å². The highest BCUT2D eigenvalue weighted by molar-refractivity contribution is 5.95. The molecule has 0 aliphatic heterocycles. The van der Waals surface area contributed by atoms with E-state index in [-0.39, 0.29) is 0 Å². The van der Waals surface area contributed by atoms with Gasteiger partial charge in [0.15, 0.2) is 6.61 Å². The first-order chi connectivity index (χ1) is 11.4. The first kappa shape index (κ1) is 17.5. The number of hydrogen-bond acceptors (Lipinski definition) is 4. The van der Waals surface area contributed by atoms with Crippen molar-refractivity contribution in [2.75, 3.05) is 30.9 Å². The van der Waals surface area contributed by atoms with Crippen molar-refractivity contribution in [2.45, 2.75) is 6.92 Å². The highest BCUT2D eigenvalue weighted by Gasteiger charge is 2.12. The number of benzene rings is 2. The van der Waals surface area contributed by atoms with Crippen molar-refractivity contribution in [3.8, 4) is 0 Å². The largest absolute Gasteiger partial charge is 0.452 e. The number of esters is 1. The molecule has 2 aromatic rings. The number of carbonyl (C=O) groups is 2. The van der Waals surface area contributed by atoms with Crippen LogP contribution < -0.4 is 10.2 Å². The molecule has 0 bridgehead atoms. The minimum atomic E-state index is -0.594. The molecule has 0 aliphatic rings. The van der Waals surface area contributed by atoms with Crippen molar-refractivity contribution in [3.63, 3.8) is 0 Å². The summed E-state index contributed by atoms with van der Waals surface area (Å²) in [4.78, 5) is 25.7. The molecule has 0 unspecified atom stereocenters. The third-order valence-electron chi connectivity index (χ3n) is 3.39. The van der Waals surface area contributed by atoms with Gasteiger partial charge in [-0.25, -0.2) is 9.18 Å². The van der Waals surface area contributed by atoms with E-state index < -0.39 is 24.3 Å². The van der Waals surface area contributed by atoms with E-state index in [0.717, 1.165) is 5.69 Å². The quantitative estimate of drug-likeness (QED) is 0.856. The number of ether oxygens (including phenoxy) is 1. The summed E-state index contributed by atoms with van der Waals surface area (Å²) >= 11 is 0. The molecule has 0 radical (unpaired) electrons. The number of rotatable bonds is 5. The van der Waals surface area contributed by atoms with Crippen LogP contribution in [0.2, 0.25) is 0 Å². The fourth-order valence-electron chi connectivity index (χ4n) is 1.99. The molecule has 2 rings (SSSR count). The normalized spacial score (nSPS) is 10.2. The van der Waals surface area contributed by atoms with E-state index in [1.165, 1.54) is 6.07 Å². The number of nitrogens with zero attached hydrogens (tertiary/aromatic N) is 1. The highest BCUT2D eigenvalue weighted by Crippen LogP contribution is 2.15. The maximum absolute atomic E-state index is 13.4. The Kier molecular flexibility index (Phi) is 5.52. The first-order valence-corrected chi connectivity index (χ1v) is 7.37. The van der Waals surface area contributed by atoms with Crippen molar-refractivity contribution in [1.82, 2.24) is 0 Å². The van der Waals surface area contributed by atoms with Gasteiger partial charge in [0.1, 0.15) is 5.82 Å². The molecule has 2 aromatic carbocycles. The number of anilines is 2. The molecule has 0 saturated heterocycles. The summed E-state index contributed by atoms with van der Waals surface area (Å²) in [5, 5.41) is 2.48. The Morgan fingerprint density at radius 2 is 1.92 bits per heavy atom. The predicted octanol–water partition coefficient (Wildman–Crippen LogP) is 3.00. The van der Waals surface area contributed by atoms with Gasteiger partial charge in [-0.05, 0) is 42.8 Å². The summed E-state index contributed by atoms with van der Waals surface area (Å²) in [6, 6.07) is 11.2. The van der Waals surface area contributed by atoms with Crippen molar-refractivity contribution < 1.29 is 18.7 Å². The van der Waals surface area contributed by atoms with Gasteiger partial charge in [0.2, 0.25) is 0 Å². The molecule has 0 fully saturated rings. The molecule has 6 heteroatoms. The number of carbonyl (C=O) groups excluding carboxylic acids is 2. The molecule has 0 heterocycles.